The molecule has 52 heavy (non-hydrogen) atoms. The van der Waals surface area contributed by atoms with Crippen LogP contribution in [0.1, 0.15) is 48.9 Å². The van der Waals surface area contributed by atoms with Crippen LogP contribution in [-0.2, 0) is 30.0 Å². The Hall–Kier alpha value is -3.69. The Morgan fingerprint density at radius 1 is 0.481 bits per heavy atom. The maximum atomic E-state index is 3.52. The standard InChI is InChI=1S/2C23H19.2CH3.2ClH.H2Si.Ti/c2*1-18-16-19-10-8-9-15-23(22(19)17-18,20-11-4-2-5-12-20)21-13-6-3-7-14-21;;;;;;/h2*2-14,17H,15H2,1H3;2*1H3;2*1H;1H2;/q4*-1;;;;. The Morgan fingerprint density at radius 3 is 1.02 bits per heavy atom. The quantitative estimate of drug-likeness (QED) is 0.143. The molecule has 0 nitrogen and oxygen atoms in total. The third kappa shape index (κ3) is 8.74. The van der Waals surface area contributed by atoms with Gasteiger partial charge in [0.15, 0.2) is 0 Å². The summed E-state index contributed by atoms with van der Waals surface area (Å²) in [5.41, 5.74) is 12.6. The van der Waals surface area contributed by atoms with Crippen molar-refractivity contribution in [1.29, 1.82) is 0 Å². The van der Waals surface area contributed by atoms with Crippen molar-refractivity contribution in [3.8, 4) is 0 Å². The predicted molar refractivity (Wildman–Crippen MR) is 228 cm³/mol. The van der Waals surface area contributed by atoms with Crippen LogP contribution < -0.4 is 0 Å². The number of hydrogen-bond acceptors (Lipinski definition) is 0. The summed E-state index contributed by atoms with van der Waals surface area (Å²) in [4.78, 5) is 0. The van der Waals surface area contributed by atoms with E-state index in [9.17, 15) is 0 Å². The molecule has 4 heteroatoms. The van der Waals surface area contributed by atoms with Crippen molar-refractivity contribution in [1.82, 2.24) is 0 Å². The summed E-state index contributed by atoms with van der Waals surface area (Å²) in [7, 11) is 1.86. The molecule has 0 radical (unpaired) electrons. The average Bonchev–Trinajstić information content (AvgIpc) is 3.60. The van der Waals surface area contributed by atoms with Gasteiger partial charge in [-0.1, -0.05) is 147 Å². The van der Waals surface area contributed by atoms with Crippen LogP contribution >= 0.6 is 24.8 Å². The first kappa shape index (κ1) is 44.5. The SMILES string of the molecule is CC1=[C-]C2=CC=CCC(c3ccccc3)(c3ccccc3)C2=C1.CC1=[C-]C2=CC=CCC(c3ccccc3)(c3ccccc3)C2=C1.Cl.Cl.[CH3-].[CH3-].[SiH2]=[Ti]. The average molecular weight is 772 g/mol. The summed E-state index contributed by atoms with van der Waals surface area (Å²) >= 11 is 2.03. The summed E-state index contributed by atoms with van der Waals surface area (Å²) < 4.78 is 0. The van der Waals surface area contributed by atoms with E-state index >= 15 is 0 Å². The van der Waals surface area contributed by atoms with Crippen molar-refractivity contribution in [3.63, 3.8) is 0 Å². The van der Waals surface area contributed by atoms with Gasteiger partial charge in [0.05, 0.1) is 0 Å². The molecule has 4 aromatic rings. The van der Waals surface area contributed by atoms with Gasteiger partial charge in [0, 0.05) is 10.8 Å². The minimum absolute atomic E-state index is 0. The number of hydrogen-bond donors (Lipinski definition) is 0. The van der Waals surface area contributed by atoms with E-state index in [2.05, 4.69) is 196 Å². The zero-order chi connectivity index (χ0) is 33.4. The van der Waals surface area contributed by atoms with E-state index < -0.39 is 0 Å². The van der Waals surface area contributed by atoms with Gasteiger partial charge in [-0.05, 0) is 35.1 Å². The van der Waals surface area contributed by atoms with Crippen molar-refractivity contribution in [2.45, 2.75) is 37.5 Å². The molecule has 4 aliphatic rings. The summed E-state index contributed by atoms with van der Waals surface area (Å²) in [6.07, 6.45) is 26.9. The van der Waals surface area contributed by atoms with Crippen molar-refractivity contribution in [2.75, 3.05) is 0 Å². The molecule has 4 aliphatic carbocycles. The van der Waals surface area contributed by atoms with E-state index in [4.69, 9.17) is 0 Å². The third-order valence-electron chi connectivity index (χ3n) is 9.60. The maximum absolute atomic E-state index is 3.52. The molecule has 0 spiro atoms. The molecule has 0 heterocycles. The fourth-order valence-electron chi connectivity index (χ4n) is 7.54. The number of allylic oxidation sites excluding steroid dienone is 16. The zero-order valence-electron chi connectivity index (χ0n) is 30.6. The minimum atomic E-state index is -0.147. The van der Waals surface area contributed by atoms with Crippen LogP contribution in [0.5, 0.6) is 0 Å². The Morgan fingerprint density at radius 2 is 0.750 bits per heavy atom. The molecule has 4 aromatic carbocycles. The Kier molecular flexibility index (Phi) is 17.6. The second kappa shape index (κ2) is 20.5. The van der Waals surface area contributed by atoms with Crippen LogP contribution in [0.3, 0.4) is 0 Å². The van der Waals surface area contributed by atoms with Gasteiger partial charge in [-0.3, -0.25) is 0 Å². The molecule has 0 N–H and O–H groups in total. The normalized spacial score (nSPS) is 16.5. The van der Waals surface area contributed by atoms with E-state index in [0.717, 1.165) is 12.8 Å². The van der Waals surface area contributed by atoms with E-state index in [1.54, 1.807) is 0 Å². The number of halogens is 2. The van der Waals surface area contributed by atoms with Gasteiger partial charge in [-0.15, -0.1) is 83.6 Å². The molecular weight excluding hydrogens is 723 g/mol. The first-order valence-corrected chi connectivity index (χ1v) is 20.6. The number of benzene rings is 4. The molecule has 0 fully saturated rings. The van der Waals surface area contributed by atoms with Crippen LogP contribution in [0.15, 0.2) is 203 Å². The monoisotopic (exact) mass is 770 g/mol. The summed E-state index contributed by atoms with van der Waals surface area (Å²) in [5.74, 6) is 0. The van der Waals surface area contributed by atoms with Crippen LogP contribution in [0, 0.1) is 27.0 Å². The Balaban J connectivity index is 0.000000320. The van der Waals surface area contributed by atoms with Crippen molar-refractivity contribution in [2.24, 2.45) is 0 Å². The predicted octanol–water partition coefficient (Wildman–Crippen LogP) is 11.9. The number of fused-ring (bicyclic) bond motifs is 2. The molecule has 0 amide bonds. The van der Waals surface area contributed by atoms with Crippen molar-refractivity contribution < 1.29 is 19.2 Å². The van der Waals surface area contributed by atoms with E-state index in [-0.39, 0.29) is 50.5 Å². The van der Waals surface area contributed by atoms with Crippen LogP contribution in [-0.4, -0.2) is 7.63 Å². The summed E-state index contributed by atoms with van der Waals surface area (Å²) in [5, 5.41) is 0. The fraction of sp³-hybridized carbons (Fsp3) is 0.125. The van der Waals surface area contributed by atoms with Crippen molar-refractivity contribution >= 4 is 32.4 Å². The fourth-order valence-corrected chi connectivity index (χ4v) is 7.54. The molecule has 8 rings (SSSR count). The van der Waals surface area contributed by atoms with Gasteiger partial charge >= 0.3 is 26.8 Å². The summed E-state index contributed by atoms with van der Waals surface area (Å²) in [6, 6.07) is 43.4. The topological polar surface area (TPSA) is 0 Å². The van der Waals surface area contributed by atoms with Gasteiger partial charge in [0.1, 0.15) is 0 Å². The molecule has 0 aliphatic heterocycles. The van der Waals surface area contributed by atoms with Crippen LogP contribution in [0.4, 0.5) is 0 Å². The van der Waals surface area contributed by atoms with Gasteiger partial charge < -0.3 is 14.9 Å². The Labute approximate surface area is 339 Å². The molecule has 0 saturated heterocycles. The molecule has 0 bridgehead atoms. The van der Waals surface area contributed by atoms with E-state index in [0.29, 0.717) is 0 Å². The molecular formula is C48H48Cl2SiTi-4. The molecule has 0 aromatic heterocycles. The van der Waals surface area contributed by atoms with E-state index in [1.807, 2.05) is 26.8 Å². The van der Waals surface area contributed by atoms with E-state index in [1.165, 1.54) is 55.7 Å². The van der Waals surface area contributed by atoms with Crippen LogP contribution in [0.25, 0.3) is 0 Å². The Bertz CT molecular complexity index is 1770. The first-order valence-electron chi connectivity index (χ1n) is 16.6. The zero-order valence-corrected chi connectivity index (χ0v) is 35.2. The molecule has 0 saturated carbocycles. The van der Waals surface area contributed by atoms with Crippen LogP contribution in [0.2, 0.25) is 0 Å². The first-order chi connectivity index (χ1) is 23.6. The van der Waals surface area contributed by atoms with Gasteiger partial charge in [-0.25, -0.2) is 0 Å². The van der Waals surface area contributed by atoms with Gasteiger partial charge in [0.2, 0.25) is 0 Å². The van der Waals surface area contributed by atoms with Gasteiger partial charge in [0.25, 0.3) is 0 Å². The van der Waals surface area contributed by atoms with Gasteiger partial charge in [-0.2, -0.15) is 23.3 Å². The second-order valence-corrected chi connectivity index (χ2v) is 12.4. The number of rotatable bonds is 4. The summed E-state index contributed by atoms with van der Waals surface area (Å²) in [6.45, 7) is 4.26. The molecule has 266 valence electrons. The molecule has 0 unspecified atom stereocenters. The molecule has 0 atom stereocenters. The second-order valence-electron chi connectivity index (χ2n) is 12.4. The van der Waals surface area contributed by atoms with Crippen molar-refractivity contribution in [3.05, 3.63) is 253 Å². The third-order valence-corrected chi connectivity index (χ3v) is 9.60.